The zero-order valence-corrected chi connectivity index (χ0v) is 8.49. The Morgan fingerprint density at radius 2 is 2.07 bits per heavy atom. The lowest BCUT2D eigenvalue weighted by Crippen LogP contribution is -1.98. The van der Waals surface area contributed by atoms with Crippen molar-refractivity contribution in [3.8, 4) is 5.75 Å². The van der Waals surface area contributed by atoms with Gasteiger partial charge >= 0.3 is 0 Å². The van der Waals surface area contributed by atoms with Crippen molar-refractivity contribution in [3.05, 3.63) is 35.4 Å². The van der Waals surface area contributed by atoms with Crippen LogP contribution in [0.2, 0.25) is 0 Å². The van der Waals surface area contributed by atoms with Gasteiger partial charge in [0.05, 0.1) is 0 Å². The van der Waals surface area contributed by atoms with Gasteiger partial charge in [-0.1, -0.05) is 29.8 Å². The molecule has 0 aliphatic rings. The van der Waals surface area contributed by atoms with E-state index in [1.54, 1.807) is 0 Å². The summed E-state index contributed by atoms with van der Waals surface area (Å²) in [6.45, 7) is 4.15. The maximum absolute atomic E-state index is 10.2. The van der Waals surface area contributed by atoms with E-state index in [0.717, 1.165) is 17.6 Å². The summed E-state index contributed by atoms with van der Waals surface area (Å²) in [5.41, 5.74) is 2.21. The van der Waals surface area contributed by atoms with Crippen molar-refractivity contribution < 1.29 is 9.53 Å². The van der Waals surface area contributed by atoms with Crippen LogP contribution in [0, 0.1) is 0 Å². The minimum absolute atomic E-state index is 0.105. The summed E-state index contributed by atoms with van der Waals surface area (Å²) in [5, 5.41) is 0. The van der Waals surface area contributed by atoms with Crippen molar-refractivity contribution in [2.75, 3.05) is 6.61 Å². The standard InChI is InChI=1S/C12H14O2/c1-10(2)9-11-5-3-4-6-12(11)14-8-7-13/h3-7,9H,8H2,1-2H3. The molecule has 1 aromatic carbocycles. The van der Waals surface area contributed by atoms with Gasteiger partial charge in [-0.05, 0) is 19.9 Å². The summed E-state index contributed by atoms with van der Waals surface area (Å²) in [7, 11) is 0. The lowest BCUT2D eigenvalue weighted by atomic mass is 10.1. The zero-order valence-electron chi connectivity index (χ0n) is 8.49. The average Bonchev–Trinajstić information content (AvgIpc) is 2.16. The Labute approximate surface area is 84.2 Å². The molecular weight excluding hydrogens is 176 g/mol. The Morgan fingerprint density at radius 3 is 2.71 bits per heavy atom. The van der Waals surface area contributed by atoms with Crippen molar-refractivity contribution >= 4 is 12.4 Å². The number of ether oxygens (including phenoxy) is 1. The number of aldehydes is 1. The van der Waals surface area contributed by atoms with Crippen molar-refractivity contribution in [1.29, 1.82) is 0 Å². The number of rotatable bonds is 4. The molecule has 0 spiro atoms. The highest BCUT2D eigenvalue weighted by molar-refractivity contribution is 5.60. The molecule has 0 heterocycles. The van der Waals surface area contributed by atoms with Crippen LogP contribution in [-0.4, -0.2) is 12.9 Å². The minimum atomic E-state index is 0.105. The van der Waals surface area contributed by atoms with Crippen molar-refractivity contribution in [2.45, 2.75) is 13.8 Å². The molecule has 0 N–H and O–H groups in total. The maximum Gasteiger partial charge on any atom is 0.157 e. The summed E-state index contributed by atoms with van der Waals surface area (Å²) in [6, 6.07) is 7.66. The molecular formula is C12H14O2. The van der Waals surface area contributed by atoms with E-state index >= 15 is 0 Å². The van der Waals surface area contributed by atoms with Gasteiger partial charge in [-0.25, -0.2) is 0 Å². The molecule has 0 bridgehead atoms. The van der Waals surface area contributed by atoms with E-state index in [4.69, 9.17) is 4.74 Å². The van der Waals surface area contributed by atoms with Gasteiger partial charge in [0.15, 0.2) is 6.29 Å². The Hall–Kier alpha value is -1.57. The molecule has 1 aromatic rings. The van der Waals surface area contributed by atoms with Crippen molar-refractivity contribution in [2.24, 2.45) is 0 Å². The molecule has 0 saturated heterocycles. The zero-order chi connectivity index (χ0) is 10.4. The molecule has 0 aliphatic heterocycles. The topological polar surface area (TPSA) is 26.3 Å². The fourth-order valence-electron chi connectivity index (χ4n) is 1.17. The molecule has 0 amide bonds. The monoisotopic (exact) mass is 190 g/mol. The highest BCUT2D eigenvalue weighted by Crippen LogP contribution is 2.20. The fourth-order valence-corrected chi connectivity index (χ4v) is 1.17. The molecule has 0 aromatic heterocycles. The summed E-state index contributed by atoms with van der Waals surface area (Å²) >= 11 is 0. The number of benzene rings is 1. The van der Waals surface area contributed by atoms with Crippen LogP contribution in [0.1, 0.15) is 19.4 Å². The third kappa shape index (κ3) is 3.05. The predicted octanol–water partition coefficient (Wildman–Crippen LogP) is 2.69. The van der Waals surface area contributed by atoms with Crippen LogP contribution < -0.4 is 4.74 Å². The number of para-hydroxylation sites is 1. The molecule has 0 aliphatic carbocycles. The van der Waals surface area contributed by atoms with Crippen LogP contribution >= 0.6 is 0 Å². The number of hydrogen-bond acceptors (Lipinski definition) is 2. The largest absolute Gasteiger partial charge is 0.486 e. The van der Waals surface area contributed by atoms with Crippen LogP contribution in [0.3, 0.4) is 0 Å². The molecule has 14 heavy (non-hydrogen) atoms. The Balaban J connectivity index is 2.91. The number of hydrogen-bond donors (Lipinski definition) is 0. The van der Waals surface area contributed by atoms with Gasteiger partial charge in [0.25, 0.3) is 0 Å². The van der Waals surface area contributed by atoms with Gasteiger partial charge in [0.1, 0.15) is 12.4 Å². The van der Waals surface area contributed by atoms with E-state index in [0.29, 0.717) is 0 Å². The Morgan fingerprint density at radius 1 is 1.36 bits per heavy atom. The number of allylic oxidation sites excluding steroid dienone is 1. The molecule has 0 unspecified atom stereocenters. The molecule has 0 saturated carbocycles. The molecule has 74 valence electrons. The predicted molar refractivity (Wildman–Crippen MR) is 57.3 cm³/mol. The van der Waals surface area contributed by atoms with E-state index in [1.807, 2.05) is 44.2 Å². The molecule has 0 atom stereocenters. The van der Waals surface area contributed by atoms with Gasteiger partial charge in [-0.3, -0.25) is 4.79 Å². The molecule has 1 rings (SSSR count). The van der Waals surface area contributed by atoms with Crippen molar-refractivity contribution in [3.63, 3.8) is 0 Å². The van der Waals surface area contributed by atoms with Crippen LogP contribution in [0.4, 0.5) is 0 Å². The summed E-state index contributed by atoms with van der Waals surface area (Å²) in [4.78, 5) is 10.2. The SMILES string of the molecule is CC(C)=Cc1ccccc1OCC=O. The molecule has 2 heteroatoms. The third-order valence-electron chi connectivity index (χ3n) is 1.67. The summed E-state index contributed by atoms with van der Waals surface area (Å²) in [6.07, 6.45) is 2.78. The lowest BCUT2D eigenvalue weighted by molar-refractivity contribution is -0.109. The van der Waals surface area contributed by atoms with Gasteiger partial charge in [-0.2, -0.15) is 0 Å². The van der Waals surface area contributed by atoms with Crippen molar-refractivity contribution in [1.82, 2.24) is 0 Å². The van der Waals surface area contributed by atoms with Crippen LogP contribution in [0.25, 0.3) is 6.08 Å². The second kappa shape index (κ2) is 5.22. The van der Waals surface area contributed by atoms with E-state index in [2.05, 4.69) is 0 Å². The Bertz CT molecular complexity index is 336. The maximum atomic E-state index is 10.2. The van der Waals surface area contributed by atoms with Gasteiger partial charge < -0.3 is 4.74 Å². The lowest BCUT2D eigenvalue weighted by Gasteiger charge is -2.06. The average molecular weight is 190 g/mol. The van der Waals surface area contributed by atoms with Crippen LogP contribution in [0.5, 0.6) is 5.75 Å². The van der Waals surface area contributed by atoms with Gasteiger partial charge in [0.2, 0.25) is 0 Å². The molecule has 2 nitrogen and oxygen atoms in total. The first-order valence-corrected chi connectivity index (χ1v) is 4.54. The highest BCUT2D eigenvalue weighted by Gasteiger charge is 1.98. The normalized spacial score (nSPS) is 9.29. The molecule has 0 radical (unpaired) electrons. The second-order valence-electron chi connectivity index (χ2n) is 3.24. The highest BCUT2D eigenvalue weighted by atomic mass is 16.5. The van der Waals surface area contributed by atoms with Crippen LogP contribution in [0.15, 0.2) is 29.8 Å². The first-order valence-electron chi connectivity index (χ1n) is 4.54. The summed E-state index contributed by atoms with van der Waals surface area (Å²) in [5.74, 6) is 0.751. The van der Waals surface area contributed by atoms with E-state index < -0.39 is 0 Å². The van der Waals surface area contributed by atoms with Gasteiger partial charge in [-0.15, -0.1) is 0 Å². The Kier molecular flexibility index (Phi) is 3.92. The fraction of sp³-hybridized carbons (Fsp3) is 0.250. The molecule has 0 fully saturated rings. The quantitative estimate of drug-likeness (QED) is 0.682. The second-order valence-corrected chi connectivity index (χ2v) is 3.24. The van der Waals surface area contributed by atoms with E-state index in [9.17, 15) is 4.79 Å². The number of carbonyl (C=O) groups is 1. The van der Waals surface area contributed by atoms with Gasteiger partial charge in [0, 0.05) is 5.56 Å². The number of carbonyl (C=O) groups excluding carboxylic acids is 1. The first kappa shape index (κ1) is 10.5. The van der Waals surface area contributed by atoms with E-state index in [-0.39, 0.29) is 6.61 Å². The smallest absolute Gasteiger partial charge is 0.157 e. The van der Waals surface area contributed by atoms with Crippen LogP contribution in [-0.2, 0) is 4.79 Å². The van der Waals surface area contributed by atoms with E-state index in [1.165, 1.54) is 5.57 Å². The minimum Gasteiger partial charge on any atom is -0.486 e. The first-order chi connectivity index (χ1) is 6.74. The third-order valence-corrected chi connectivity index (χ3v) is 1.67. The summed E-state index contributed by atoms with van der Waals surface area (Å²) < 4.78 is 5.27.